The van der Waals surface area contributed by atoms with Crippen molar-refractivity contribution in [1.29, 1.82) is 0 Å². The highest BCUT2D eigenvalue weighted by Crippen LogP contribution is 2.52. The van der Waals surface area contributed by atoms with Crippen LogP contribution in [0.5, 0.6) is 0 Å². The van der Waals surface area contributed by atoms with Crippen molar-refractivity contribution in [2.45, 2.75) is 51.9 Å². The van der Waals surface area contributed by atoms with Crippen molar-refractivity contribution in [1.82, 2.24) is 0 Å². The smallest absolute Gasteiger partial charge is 0.0295 e. The summed E-state index contributed by atoms with van der Waals surface area (Å²) >= 11 is 0. The summed E-state index contributed by atoms with van der Waals surface area (Å²) in [5.41, 5.74) is 0.861. The summed E-state index contributed by atoms with van der Waals surface area (Å²) in [6, 6.07) is 0. The molecule has 1 spiro atoms. The SMILES string of the molecule is C[C@H]1CCC2(CCCC2)C1. The average Bonchev–Trinajstić information content (AvgIpc) is 2.46. The van der Waals surface area contributed by atoms with Gasteiger partial charge in [-0.15, -0.1) is 0 Å². The summed E-state index contributed by atoms with van der Waals surface area (Å²) in [5, 5.41) is 0. The van der Waals surface area contributed by atoms with Gasteiger partial charge in [0.2, 0.25) is 0 Å². The Kier molecular flexibility index (Phi) is 1.51. The molecular weight excluding hydrogens is 120 g/mol. The Morgan fingerprint density at radius 1 is 1.10 bits per heavy atom. The van der Waals surface area contributed by atoms with Gasteiger partial charge in [-0.3, -0.25) is 0 Å². The third-order valence-corrected chi connectivity index (χ3v) is 3.61. The maximum atomic E-state index is 2.42. The van der Waals surface area contributed by atoms with Crippen molar-refractivity contribution in [3.63, 3.8) is 0 Å². The van der Waals surface area contributed by atoms with Crippen LogP contribution in [-0.4, -0.2) is 0 Å². The molecule has 0 radical (unpaired) electrons. The van der Waals surface area contributed by atoms with Gasteiger partial charge in [0, 0.05) is 0 Å². The lowest BCUT2D eigenvalue weighted by Gasteiger charge is -2.21. The first-order valence-electron chi connectivity index (χ1n) is 4.81. The summed E-state index contributed by atoms with van der Waals surface area (Å²) < 4.78 is 0. The molecule has 0 aromatic carbocycles. The quantitative estimate of drug-likeness (QED) is 0.481. The first kappa shape index (κ1) is 6.69. The molecule has 0 bridgehead atoms. The second-order valence-corrected chi connectivity index (χ2v) is 4.56. The first-order valence-corrected chi connectivity index (χ1v) is 4.81. The van der Waals surface area contributed by atoms with Crippen LogP contribution in [0.15, 0.2) is 0 Å². The topological polar surface area (TPSA) is 0 Å². The van der Waals surface area contributed by atoms with Gasteiger partial charge in [0.05, 0.1) is 0 Å². The third kappa shape index (κ3) is 0.980. The third-order valence-electron chi connectivity index (χ3n) is 3.61. The predicted octanol–water partition coefficient (Wildman–Crippen LogP) is 3.37. The van der Waals surface area contributed by atoms with Crippen molar-refractivity contribution in [3.05, 3.63) is 0 Å². The normalized spacial score (nSPS) is 37.5. The zero-order valence-electron chi connectivity index (χ0n) is 7.03. The van der Waals surface area contributed by atoms with Crippen LogP contribution in [0.1, 0.15) is 51.9 Å². The maximum Gasteiger partial charge on any atom is -0.0295 e. The van der Waals surface area contributed by atoms with Crippen LogP contribution in [-0.2, 0) is 0 Å². The first-order chi connectivity index (χ1) is 4.81. The molecule has 0 heterocycles. The van der Waals surface area contributed by atoms with Crippen LogP contribution in [0.25, 0.3) is 0 Å². The van der Waals surface area contributed by atoms with Gasteiger partial charge >= 0.3 is 0 Å². The van der Waals surface area contributed by atoms with Crippen molar-refractivity contribution in [2.75, 3.05) is 0 Å². The van der Waals surface area contributed by atoms with Crippen LogP contribution in [0, 0.1) is 11.3 Å². The van der Waals surface area contributed by atoms with E-state index in [1.165, 1.54) is 19.3 Å². The Morgan fingerprint density at radius 3 is 2.30 bits per heavy atom. The minimum atomic E-state index is 0.861. The van der Waals surface area contributed by atoms with E-state index in [0.717, 1.165) is 11.3 Å². The summed E-state index contributed by atoms with van der Waals surface area (Å²) in [4.78, 5) is 0. The summed E-state index contributed by atoms with van der Waals surface area (Å²) in [6.07, 6.45) is 10.8. The fraction of sp³-hybridized carbons (Fsp3) is 1.00. The minimum absolute atomic E-state index is 0.861. The van der Waals surface area contributed by atoms with E-state index in [2.05, 4.69) is 6.92 Å². The lowest BCUT2D eigenvalue weighted by Crippen LogP contribution is -2.10. The van der Waals surface area contributed by atoms with E-state index >= 15 is 0 Å². The molecule has 0 heteroatoms. The van der Waals surface area contributed by atoms with Gasteiger partial charge in [-0.1, -0.05) is 26.2 Å². The Balaban J connectivity index is 2.03. The van der Waals surface area contributed by atoms with Crippen molar-refractivity contribution in [2.24, 2.45) is 11.3 Å². The molecule has 0 amide bonds. The number of hydrogen-bond acceptors (Lipinski definition) is 0. The minimum Gasteiger partial charge on any atom is -0.0625 e. The summed E-state index contributed by atoms with van der Waals surface area (Å²) in [7, 11) is 0. The Labute approximate surface area is 64.0 Å². The Hall–Kier alpha value is 0. The monoisotopic (exact) mass is 138 g/mol. The van der Waals surface area contributed by atoms with Crippen LogP contribution in [0.4, 0.5) is 0 Å². The average molecular weight is 138 g/mol. The number of hydrogen-bond donors (Lipinski definition) is 0. The van der Waals surface area contributed by atoms with Gasteiger partial charge in [-0.05, 0) is 37.0 Å². The molecule has 0 aliphatic heterocycles. The molecule has 2 rings (SSSR count). The van der Waals surface area contributed by atoms with Gasteiger partial charge in [0.1, 0.15) is 0 Å². The number of rotatable bonds is 0. The van der Waals surface area contributed by atoms with Crippen molar-refractivity contribution in [3.8, 4) is 0 Å². The fourth-order valence-corrected chi connectivity index (χ4v) is 3.08. The molecule has 0 saturated heterocycles. The molecule has 2 aliphatic rings. The fourth-order valence-electron chi connectivity index (χ4n) is 3.08. The zero-order chi connectivity index (χ0) is 7.03. The molecular formula is C10H18. The van der Waals surface area contributed by atoms with Gasteiger partial charge in [0.25, 0.3) is 0 Å². The summed E-state index contributed by atoms with van der Waals surface area (Å²) in [5.74, 6) is 1.04. The lowest BCUT2D eigenvalue weighted by atomic mass is 9.84. The molecule has 10 heavy (non-hydrogen) atoms. The molecule has 2 fully saturated rings. The highest BCUT2D eigenvalue weighted by molar-refractivity contribution is 4.90. The molecule has 2 aliphatic carbocycles. The highest BCUT2D eigenvalue weighted by atomic mass is 14.4. The van der Waals surface area contributed by atoms with E-state index in [4.69, 9.17) is 0 Å². The zero-order valence-corrected chi connectivity index (χ0v) is 7.03. The molecule has 0 unspecified atom stereocenters. The van der Waals surface area contributed by atoms with Gasteiger partial charge < -0.3 is 0 Å². The second-order valence-electron chi connectivity index (χ2n) is 4.56. The summed E-state index contributed by atoms with van der Waals surface area (Å²) in [6.45, 7) is 2.42. The van der Waals surface area contributed by atoms with E-state index in [0.29, 0.717) is 0 Å². The molecule has 58 valence electrons. The molecule has 0 N–H and O–H groups in total. The molecule has 0 nitrogen and oxygen atoms in total. The highest BCUT2D eigenvalue weighted by Gasteiger charge is 2.39. The Morgan fingerprint density at radius 2 is 1.80 bits per heavy atom. The van der Waals surface area contributed by atoms with Crippen molar-refractivity contribution < 1.29 is 0 Å². The van der Waals surface area contributed by atoms with Gasteiger partial charge in [-0.2, -0.15) is 0 Å². The largest absolute Gasteiger partial charge is 0.0625 e. The van der Waals surface area contributed by atoms with Crippen LogP contribution in [0.2, 0.25) is 0 Å². The van der Waals surface area contributed by atoms with Crippen LogP contribution < -0.4 is 0 Å². The molecule has 1 atom stereocenters. The van der Waals surface area contributed by atoms with Gasteiger partial charge in [0.15, 0.2) is 0 Å². The second kappa shape index (κ2) is 2.25. The van der Waals surface area contributed by atoms with E-state index in [-0.39, 0.29) is 0 Å². The van der Waals surface area contributed by atoms with Crippen molar-refractivity contribution >= 4 is 0 Å². The molecule has 0 aromatic heterocycles. The standard InChI is InChI=1S/C10H18/c1-9-4-7-10(8-9)5-2-3-6-10/h9H,2-8H2,1H3/t9-/m0/s1. The lowest BCUT2D eigenvalue weighted by molar-refractivity contribution is 0.298. The van der Waals surface area contributed by atoms with Crippen LogP contribution >= 0.6 is 0 Å². The maximum absolute atomic E-state index is 2.42. The van der Waals surface area contributed by atoms with E-state index in [1.807, 2.05) is 0 Å². The van der Waals surface area contributed by atoms with E-state index in [9.17, 15) is 0 Å². The Bertz CT molecular complexity index is 120. The van der Waals surface area contributed by atoms with E-state index in [1.54, 1.807) is 25.7 Å². The molecule has 0 aromatic rings. The van der Waals surface area contributed by atoms with E-state index < -0.39 is 0 Å². The van der Waals surface area contributed by atoms with Crippen LogP contribution in [0.3, 0.4) is 0 Å². The molecule has 2 saturated carbocycles. The van der Waals surface area contributed by atoms with Gasteiger partial charge in [-0.25, -0.2) is 0 Å². The predicted molar refractivity (Wildman–Crippen MR) is 43.9 cm³/mol.